The molecule has 0 radical (unpaired) electrons. The van der Waals surface area contributed by atoms with Gasteiger partial charge in [-0.25, -0.2) is 0 Å². The Morgan fingerprint density at radius 2 is 1.88 bits per heavy atom. The van der Waals surface area contributed by atoms with E-state index in [2.05, 4.69) is 4.90 Å². The van der Waals surface area contributed by atoms with Gasteiger partial charge in [0.25, 0.3) is 0 Å². The highest BCUT2D eigenvalue weighted by atomic mass is 16.6. The lowest BCUT2D eigenvalue weighted by Crippen LogP contribution is -2.36. The molecule has 1 heterocycles. The van der Waals surface area contributed by atoms with E-state index in [1.54, 1.807) is 0 Å². The molecule has 1 aliphatic rings. The summed E-state index contributed by atoms with van der Waals surface area (Å²) in [6.45, 7) is 3.29. The molecule has 1 aliphatic heterocycles. The lowest BCUT2D eigenvalue weighted by molar-refractivity contribution is -0.400. The molecule has 5 heteroatoms. The summed E-state index contributed by atoms with van der Waals surface area (Å²) in [5.41, 5.74) is 1.96. The van der Waals surface area contributed by atoms with E-state index in [-0.39, 0.29) is 0 Å². The average molecular weight is 234 g/mol. The molecule has 1 aromatic rings. The van der Waals surface area contributed by atoms with Gasteiger partial charge in [-0.3, -0.25) is 10.1 Å². The van der Waals surface area contributed by atoms with Gasteiger partial charge in [0.05, 0.1) is 18.1 Å². The van der Waals surface area contributed by atoms with Crippen molar-refractivity contribution in [3.63, 3.8) is 0 Å². The van der Waals surface area contributed by atoms with E-state index in [0.717, 1.165) is 43.8 Å². The smallest absolute Gasteiger partial charge is 0.235 e. The van der Waals surface area contributed by atoms with Crippen molar-refractivity contribution in [2.45, 2.75) is 0 Å². The summed E-state index contributed by atoms with van der Waals surface area (Å²) in [4.78, 5) is 12.0. The van der Waals surface area contributed by atoms with Gasteiger partial charge in [0, 0.05) is 24.9 Å². The van der Waals surface area contributed by atoms with Crippen LogP contribution in [0.5, 0.6) is 0 Å². The lowest BCUT2D eigenvalue weighted by atomic mass is 10.2. The standard InChI is InChI=1S/C12H14N2O3/c15-14(16)6-5-11-1-3-12(4-2-11)13-7-9-17-10-8-13/h1-6H,7-10H2/b6-5+. The molecule has 1 aromatic carbocycles. The number of hydrogen-bond donors (Lipinski definition) is 0. The summed E-state index contributed by atoms with van der Waals surface area (Å²) in [5, 5.41) is 10.2. The monoisotopic (exact) mass is 234 g/mol. The van der Waals surface area contributed by atoms with E-state index in [9.17, 15) is 10.1 Å². The third-order valence-electron chi connectivity index (χ3n) is 2.66. The highest BCUT2D eigenvalue weighted by Crippen LogP contribution is 2.17. The maximum absolute atomic E-state index is 10.2. The van der Waals surface area contributed by atoms with Crippen LogP contribution in [0.15, 0.2) is 30.5 Å². The van der Waals surface area contributed by atoms with Crippen LogP contribution in [0.1, 0.15) is 5.56 Å². The minimum absolute atomic E-state index is 0.462. The van der Waals surface area contributed by atoms with Gasteiger partial charge in [-0.15, -0.1) is 0 Å². The van der Waals surface area contributed by atoms with E-state index >= 15 is 0 Å². The van der Waals surface area contributed by atoms with Gasteiger partial charge < -0.3 is 9.64 Å². The van der Waals surface area contributed by atoms with Crippen LogP contribution in [0.4, 0.5) is 5.69 Å². The SMILES string of the molecule is O=[N+]([O-])/C=C/c1ccc(N2CCOCC2)cc1. The van der Waals surface area contributed by atoms with Crippen LogP contribution in [0.3, 0.4) is 0 Å². The molecule has 5 nitrogen and oxygen atoms in total. The number of ether oxygens (including phenoxy) is 1. The predicted molar refractivity (Wildman–Crippen MR) is 65.5 cm³/mol. The van der Waals surface area contributed by atoms with Crippen LogP contribution < -0.4 is 4.90 Å². The number of anilines is 1. The lowest BCUT2D eigenvalue weighted by Gasteiger charge is -2.28. The fourth-order valence-electron chi connectivity index (χ4n) is 1.76. The summed E-state index contributed by atoms with van der Waals surface area (Å²) in [6, 6.07) is 7.71. The maximum atomic E-state index is 10.2. The Kier molecular flexibility index (Phi) is 3.72. The third-order valence-corrected chi connectivity index (χ3v) is 2.66. The molecule has 90 valence electrons. The van der Waals surface area contributed by atoms with E-state index in [4.69, 9.17) is 4.74 Å². The van der Waals surface area contributed by atoms with Crippen molar-refractivity contribution in [3.05, 3.63) is 46.1 Å². The molecule has 0 unspecified atom stereocenters. The second kappa shape index (κ2) is 5.45. The van der Waals surface area contributed by atoms with E-state index in [1.807, 2.05) is 24.3 Å². The summed E-state index contributed by atoms with van der Waals surface area (Å²) in [6.07, 6.45) is 2.44. The van der Waals surface area contributed by atoms with E-state index in [1.165, 1.54) is 6.08 Å². The molecule has 0 amide bonds. The van der Waals surface area contributed by atoms with Crippen molar-refractivity contribution in [2.75, 3.05) is 31.2 Å². The molecule has 0 atom stereocenters. The number of nitrogens with zero attached hydrogens (tertiary/aromatic N) is 2. The molecule has 0 saturated carbocycles. The van der Waals surface area contributed by atoms with Crippen molar-refractivity contribution in [1.29, 1.82) is 0 Å². The number of morpholine rings is 1. The second-order valence-corrected chi connectivity index (χ2v) is 3.79. The third kappa shape index (κ3) is 3.29. The molecule has 1 fully saturated rings. The van der Waals surface area contributed by atoms with Crippen LogP contribution in [-0.4, -0.2) is 31.2 Å². The molecule has 0 bridgehead atoms. The van der Waals surface area contributed by atoms with Crippen LogP contribution >= 0.6 is 0 Å². The van der Waals surface area contributed by atoms with Crippen LogP contribution in [-0.2, 0) is 4.74 Å². The highest BCUT2D eigenvalue weighted by Gasteiger charge is 2.10. The van der Waals surface area contributed by atoms with Gasteiger partial charge in [-0.2, -0.15) is 0 Å². The van der Waals surface area contributed by atoms with Gasteiger partial charge in [0.2, 0.25) is 6.20 Å². The minimum Gasteiger partial charge on any atom is -0.378 e. The van der Waals surface area contributed by atoms with Gasteiger partial charge in [-0.05, 0) is 17.7 Å². The molecular weight excluding hydrogens is 220 g/mol. The Balaban J connectivity index is 2.04. The topological polar surface area (TPSA) is 55.6 Å². The Hall–Kier alpha value is -1.88. The van der Waals surface area contributed by atoms with E-state index < -0.39 is 4.92 Å². The zero-order valence-electron chi connectivity index (χ0n) is 9.41. The minimum atomic E-state index is -0.462. The van der Waals surface area contributed by atoms with Crippen molar-refractivity contribution >= 4 is 11.8 Å². The Labute approximate surface area is 99.5 Å². The molecule has 0 spiro atoms. The van der Waals surface area contributed by atoms with Gasteiger partial charge >= 0.3 is 0 Å². The maximum Gasteiger partial charge on any atom is 0.235 e. The van der Waals surface area contributed by atoms with Crippen molar-refractivity contribution in [2.24, 2.45) is 0 Å². The van der Waals surface area contributed by atoms with Crippen LogP contribution in [0.2, 0.25) is 0 Å². The van der Waals surface area contributed by atoms with Gasteiger partial charge in [0.15, 0.2) is 0 Å². The molecule has 0 aliphatic carbocycles. The first-order valence-corrected chi connectivity index (χ1v) is 5.50. The van der Waals surface area contributed by atoms with Crippen molar-refractivity contribution in [1.82, 2.24) is 0 Å². The summed E-state index contributed by atoms with van der Waals surface area (Å²) in [7, 11) is 0. The van der Waals surface area contributed by atoms with Gasteiger partial charge in [-0.1, -0.05) is 12.1 Å². The second-order valence-electron chi connectivity index (χ2n) is 3.79. The number of hydrogen-bond acceptors (Lipinski definition) is 4. The molecule has 2 rings (SSSR count). The summed E-state index contributed by atoms with van der Waals surface area (Å²) < 4.78 is 5.28. The first-order valence-electron chi connectivity index (χ1n) is 5.50. The highest BCUT2D eigenvalue weighted by molar-refractivity contribution is 5.55. The van der Waals surface area contributed by atoms with Crippen molar-refractivity contribution < 1.29 is 9.66 Å². The van der Waals surface area contributed by atoms with Crippen LogP contribution in [0, 0.1) is 10.1 Å². The van der Waals surface area contributed by atoms with Gasteiger partial charge in [0.1, 0.15) is 0 Å². The first kappa shape index (κ1) is 11.6. The molecule has 1 saturated heterocycles. The normalized spacial score (nSPS) is 16.4. The molecule has 0 N–H and O–H groups in total. The summed E-state index contributed by atoms with van der Waals surface area (Å²) >= 11 is 0. The Morgan fingerprint density at radius 1 is 1.24 bits per heavy atom. The van der Waals surface area contributed by atoms with Crippen molar-refractivity contribution in [3.8, 4) is 0 Å². The predicted octanol–water partition coefficient (Wildman–Crippen LogP) is 1.77. The Bertz CT molecular complexity index is 408. The quantitative estimate of drug-likeness (QED) is 0.590. The van der Waals surface area contributed by atoms with E-state index in [0.29, 0.717) is 0 Å². The number of benzene rings is 1. The largest absolute Gasteiger partial charge is 0.378 e. The number of rotatable bonds is 3. The first-order chi connectivity index (χ1) is 8.25. The Morgan fingerprint density at radius 3 is 2.47 bits per heavy atom. The fraction of sp³-hybridized carbons (Fsp3) is 0.333. The molecule has 17 heavy (non-hydrogen) atoms. The average Bonchev–Trinajstić information content (AvgIpc) is 2.38. The molecular formula is C12H14N2O3. The number of nitro groups is 1. The zero-order valence-corrected chi connectivity index (χ0v) is 9.41. The fourth-order valence-corrected chi connectivity index (χ4v) is 1.76. The zero-order chi connectivity index (χ0) is 12.1. The van der Waals surface area contributed by atoms with Crippen LogP contribution in [0.25, 0.3) is 6.08 Å². The summed E-state index contributed by atoms with van der Waals surface area (Å²) in [5.74, 6) is 0. The molecule has 0 aromatic heterocycles.